The van der Waals surface area contributed by atoms with Gasteiger partial charge in [-0.2, -0.15) is 0 Å². The number of aliphatic hydroxyl groups excluding tert-OH is 1. The molecule has 0 aliphatic heterocycles. The Hall–Kier alpha value is -0.810. The molecular formula is C8H7ClF3NO. The van der Waals surface area contributed by atoms with Crippen molar-refractivity contribution in [3.63, 3.8) is 0 Å². The molecule has 1 rings (SSSR count). The number of nitrogens with zero attached hydrogens (tertiary/aromatic N) is 1. The predicted molar refractivity (Wildman–Crippen MR) is 44.6 cm³/mol. The summed E-state index contributed by atoms with van der Waals surface area (Å²) in [6.07, 6.45) is -1.97. The minimum Gasteiger partial charge on any atom is -0.390 e. The van der Waals surface area contributed by atoms with Crippen LogP contribution in [0.3, 0.4) is 0 Å². The van der Waals surface area contributed by atoms with Gasteiger partial charge in [0.1, 0.15) is 5.82 Å². The highest BCUT2D eigenvalue weighted by molar-refractivity contribution is 6.17. The van der Waals surface area contributed by atoms with Crippen LogP contribution in [0.5, 0.6) is 0 Å². The molecule has 1 N–H and O–H groups in total. The summed E-state index contributed by atoms with van der Waals surface area (Å²) in [6, 6.07) is 0. The first-order valence-corrected chi connectivity index (χ1v) is 4.26. The fourth-order valence-electron chi connectivity index (χ4n) is 1.02. The molecule has 0 aliphatic rings. The number of aromatic nitrogens is 1. The Balaban J connectivity index is 3.31. The average molecular weight is 226 g/mol. The minimum atomic E-state index is -3.01. The Morgan fingerprint density at radius 2 is 2.14 bits per heavy atom. The largest absolute Gasteiger partial charge is 0.390 e. The van der Waals surface area contributed by atoms with E-state index >= 15 is 0 Å². The van der Waals surface area contributed by atoms with Gasteiger partial charge in [0.05, 0.1) is 23.7 Å². The highest BCUT2D eigenvalue weighted by Gasteiger charge is 2.21. The molecule has 0 saturated carbocycles. The summed E-state index contributed by atoms with van der Waals surface area (Å²) in [5.74, 6) is -1.32. The Kier molecular flexibility index (Phi) is 3.71. The number of pyridine rings is 1. The van der Waals surface area contributed by atoms with Gasteiger partial charge in [0, 0.05) is 11.8 Å². The zero-order valence-electron chi connectivity index (χ0n) is 6.98. The third-order valence-electron chi connectivity index (χ3n) is 1.72. The van der Waals surface area contributed by atoms with E-state index in [4.69, 9.17) is 16.7 Å². The first kappa shape index (κ1) is 11.3. The first-order valence-electron chi connectivity index (χ1n) is 3.73. The van der Waals surface area contributed by atoms with E-state index in [0.29, 0.717) is 0 Å². The fraction of sp³-hybridized carbons (Fsp3) is 0.375. The van der Waals surface area contributed by atoms with E-state index in [9.17, 15) is 13.2 Å². The predicted octanol–water partition coefficient (Wildman–Crippen LogP) is 2.39. The summed E-state index contributed by atoms with van der Waals surface area (Å²) in [5, 5.41) is 8.66. The third kappa shape index (κ3) is 1.99. The molecule has 2 nitrogen and oxygen atoms in total. The van der Waals surface area contributed by atoms with Crippen molar-refractivity contribution in [2.24, 2.45) is 0 Å². The maximum atomic E-state index is 13.3. The molecule has 0 amide bonds. The number of halogens is 4. The van der Waals surface area contributed by atoms with Gasteiger partial charge in [-0.25, -0.2) is 13.2 Å². The first-order chi connectivity index (χ1) is 6.61. The van der Waals surface area contributed by atoms with Crippen LogP contribution in [0.1, 0.15) is 23.2 Å². The lowest BCUT2D eigenvalue weighted by molar-refractivity contribution is 0.140. The van der Waals surface area contributed by atoms with E-state index in [0.717, 1.165) is 6.20 Å². The van der Waals surface area contributed by atoms with Crippen molar-refractivity contribution in [3.05, 3.63) is 28.8 Å². The molecule has 0 unspecified atom stereocenters. The summed E-state index contributed by atoms with van der Waals surface area (Å²) < 4.78 is 38.0. The second-order valence-electron chi connectivity index (χ2n) is 2.55. The van der Waals surface area contributed by atoms with Gasteiger partial charge in [0.15, 0.2) is 0 Å². The lowest BCUT2D eigenvalue weighted by Gasteiger charge is -2.09. The van der Waals surface area contributed by atoms with Crippen LogP contribution in [0.2, 0.25) is 0 Å². The Morgan fingerprint density at radius 3 is 2.57 bits per heavy atom. The van der Waals surface area contributed by atoms with Crippen LogP contribution in [0.15, 0.2) is 6.20 Å². The fourth-order valence-corrected chi connectivity index (χ4v) is 1.21. The summed E-state index contributed by atoms with van der Waals surface area (Å²) in [7, 11) is 0. The maximum absolute atomic E-state index is 13.3. The van der Waals surface area contributed by atoms with Crippen LogP contribution in [0.4, 0.5) is 13.2 Å². The Morgan fingerprint density at radius 1 is 1.50 bits per heavy atom. The molecule has 0 spiro atoms. The molecule has 0 fully saturated rings. The van der Waals surface area contributed by atoms with Gasteiger partial charge in [0.2, 0.25) is 0 Å². The topological polar surface area (TPSA) is 33.1 Å². The number of hydrogen-bond donors (Lipinski definition) is 1. The van der Waals surface area contributed by atoms with Crippen LogP contribution >= 0.6 is 11.6 Å². The molecule has 0 saturated heterocycles. The molecule has 6 heteroatoms. The highest BCUT2D eigenvalue weighted by Crippen LogP contribution is 2.27. The number of aliphatic hydroxyl groups is 1. The van der Waals surface area contributed by atoms with Gasteiger partial charge in [0.25, 0.3) is 6.43 Å². The number of hydrogen-bond acceptors (Lipinski definition) is 2. The molecule has 1 aromatic heterocycles. The summed E-state index contributed by atoms with van der Waals surface area (Å²) >= 11 is 5.32. The average Bonchev–Trinajstić information content (AvgIpc) is 2.16. The summed E-state index contributed by atoms with van der Waals surface area (Å²) in [5.41, 5.74) is -1.32. The van der Waals surface area contributed by atoms with E-state index in [1.807, 2.05) is 0 Å². The van der Waals surface area contributed by atoms with E-state index in [-0.39, 0.29) is 17.1 Å². The minimum absolute atomic E-state index is 0.0980. The molecule has 0 aromatic carbocycles. The molecule has 1 aromatic rings. The van der Waals surface area contributed by atoms with E-state index in [1.54, 1.807) is 0 Å². The van der Waals surface area contributed by atoms with Crippen molar-refractivity contribution in [2.45, 2.75) is 18.9 Å². The van der Waals surface area contributed by atoms with E-state index < -0.39 is 24.4 Å². The van der Waals surface area contributed by atoms with Crippen LogP contribution in [-0.4, -0.2) is 10.1 Å². The van der Waals surface area contributed by atoms with Crippen LogP contribution in [0, 0.1) is 5.82 Å². The van der Waals surface area contributed by atoms with Gasteiger partial charge in [-0.1, -0.05) is 0 Å². The standard InChI is InChI=1S/C8H7ClF3NO/c9-1-4-2-13-5(3-14)6(7(4)10)8(11)12/h2,8,14H,1,3H2. The number of alkyl halides is 3. The van der Waals surface area contributed by atoms with Gasteiger partial charge in [-0.05, 0) is 0 Å². The molecule has 1 heterocycles. The molecule has 0 aliphatic carbocycles. The van der Waals surface area contributed by atoms with E-state index in [2.05, 4.69) is 4.98 Å². The normalized spacial score (nSPS) is 11.0. The molecular weight excluding hydrogens is 219 g/mol. The van der Waals surface area contributed by atoms with Crippen molar-refractivity contribution in [1.82, 2.24) is 4.98 Å². The summed E-state index contributed by atoms with van der Waals surface area (Å²) in [4.78, 5) is 3.50. The lowest BCUT2D eigenvalue weighted by Crippen LogP contribution is -2.05. The van der Waals surface area contributed by atoms with Crippen molar-refractivity contribution in [3.8, 4) is 0 Å². The molecule has 0 bridgehead atoms. The SMILES string of the molecule is OCc1ncc(CCl)c(F)c1C(F)F. The quantitative estimate of drug-likeness (QED) is 0.802. The van der Waals surface area contributed by atoms with Gasteiger partial charge < -0.3 is 5.11 Å². The lowest BCUT2D eigenvalue weighted by atomic mass is 10.1. The Labute approximate surface area is 83.3 Å². The van der Waals surface area contributed by atoms with Crippen molar-refractivity contribution in [2.75, 3.05) is 0 Å². The highest BCUT2D eigenvalue weighted by atomic mass is 35.5. The second kappa shape index (κ2) is 4.61. The molecule has 14 heavy (non-hydrogen) atoms. The van der Waals surface area contributed by atoms with Crippen LogP contribution in [-0.2, 0) is 12.5 Å². The van der Waals surface area contributed by atoms with Crippen molar-refractivity contribution < 1.29 is 18.3 Å². The maximum Gasteiger partial charge on any atom is 0.268 e. The van der Waals surface area contributed by atoms with E-state index in [1.165, 1.54) is 0 Å². The monoisotopic (exact) mass is 225 g/mol. The number of rotatable bonds is 3. The zero-order chi connectivity index (χ0) is 10.7. The molecule has 78 valence electrons. The summed E-state index contributed by atoms with van der Waals surface area (Å²) in [6.45, 7) is -0.723. The van der Waals surface area contributed by atoms with Gasteiger partial charge >= 0.3 is 0 Å². The molecule has 0 radical (unpaired) electrons. The second-order valence-corrected chi connectivity index (χ2v) is 2.82. The van der Waals surface area contributed by atoms with Gasteiger partial charge in [-0.3, -0.25) is 4.98 Å². The van der Waals surface area contributed by atoms with Gasteiger partial charge in [-0.15, -0.1) is 11.6 Å². The van der Waals surface area contributed by atoms with Crippen molar-refractivity contribution in [1.29, 1.82) is 0 Å². The van der Waals surface area contributed by atoms with Crippen LogP contribution in [0.25, 0.3) is 0 Å². The van der Waals surface area contributed by atoms with Crippen molar-refractivity contribution >= 4 is 11.6 Å². The third-order valence-corrected chi connectivity index (χ3v) is 2.01. The Bertz CT molecular complexity index is 333. The van der Waals surface area contributed by atoms with Crippen LogP contribution < -0.4 is 0 Å². The molecule has 0 atom stereocenters. The smallest absolute Gasteiger partial charge is 0.268 e. The zero-order valence-corrected chi connectivity index (χ0v) is 7.73.